The van der Waals surface area contributed by atoms with Crippen LogP contribution in [0.4, 0.5) is 0 Å². The SMILES string of the molecule is NN1CCCC(Cc2ccccc2)C1c1ccccc1. The van der Waals surface area contributed by atoms with E-state index in [4.69, 9.17) is 5.84 Å². The normalized spacial score (nSPS) is 23.6. The molecule has 2 heteroatoms. The van der Waals surface area contributed by atoms with Crippen LogP contribution in [0.5, 0.6) is 0 Å². The van der Waals surface area contributed by atoms with E-state index in [0.717, 1.165) is 13.0 Å². The molecule has 1 aliphatic heterocycles. The molecule has 0 bridgehead atoms. The van der Waals surface area contributed by atoms with Crippen molar-refractivity contribution in [2.75, 3.05) is 6.54 Å². The first-order valence-corrected chi connectivity index (χ1v) is 7.45. The lowest BCUT2D eigenvalue weighted by atomic mass is 9.81. The average molecular weight is 266 g/mol. The number of piperidine rings is 1. The van der Waals surface area contributed by atoms with Gasteiger partial charge in [-0.2, -0.15) is 0 Å². The van der Waals surface area contributed by atoms with Crippen molar-refractivity contribution in [1.29, 1.82) is 0 Å². The van der Waals surface area contributed by atoms with Gasteiger partial charge in [-0.05, 0) is 36.3 Å². The summed E-state index contributed by atoms with van der Waals surface area (Å²) in [6.45, 7) is 0.991. The second-order valence-corrected chi connectivity index (χ2v) is 5.69. The van der Waals surface area contributed by atoms with E-state index in [1.54, 1.807) is 0 Å². The molecule has 0 aliphatic carbocycles. The third-order valence-corrected chi connectivity index (χ3v) is 4.28. The number of hydrogen-bond donors (Lipinski definition) is 1. The van der Waals surface area contributed by atoms with Gasteiger partial charge >= 0.3 is 0 Å². The van der Waals surface area contributed by atoms with Crippen molar-refractivity contribution < 1.29 is 0 Å². The number of hydrogen-bond acceptors (Lipinski definition) is 2. The van der Waals surface area contributed by atoms with Gasteiger partial charge in [-0.15, -0.1) is 0 Å². The van der Waals surface area contributed by atoms with E-state index in [0.29, 0.717) is 12.0 Å². The fourth-order valence-electron chi connectivity index (χ4n) is 3.35. The third-order valence-electron chi connectivity index (χ3n) is 4.28. The highest BCUT2D eigenvalue weighted by molar-refractivity contribution is 5.22. The molecule has 104 valence electrons. The fourth-order valence-corrected chi connectivity index (χ4v) is 3.35. The zero-order valence-corrected chi connectivity index (χ0v) is 11.8. The molecule has 1 heterocycles. The molecule has 1 saturated heterocycles. The molecular formula is C18H22N2. The quantitative estimate of drug-likeness (QED) is 0.861. The van der Waals surface area contributed by atoms with E-state index < -0.39 is 0 Å². The summed E-state index contributed by atoms with van der Waals surface area (Å²) in [4.78, 5) is 0. The zero-order valence-electron chi connectivity index (χ0n) is 11.8. The second kappa shape index (κ2) is 6.21. The van der Waals surface area contributed by atoms with E-state index in [9.17, 15) is 0 Å². The molecular weight excluding hydrogens is 244 g/mol. The van der Waals surface area contributed by atoms with Crippen LogP contribution in [0, 0.1) is 5.92 Å². The van der Waals surface area contributed by atoms with Crippen LogP contribution in [0.1, 0.15) is 30.0 Å². The van der Waals surface area contributed by atoms with Crippen molar-refractivity contribution >= 4 is 0 Å². The Balaban J connectivity index is 1.83. The van der Waals surface area contributed by atoms with E-state index >= 15 is 0 Å². The Hall–Kier alpha value is -1.64. The van der Waals surface area contributed by atoms with Crippen molar-refractivity contribution in [3.05, 3.63) is 71.8 Å². The molecule has 2 N–H and O–H groups in total. The number of nitrogens with zero attached hydrogens (tertiary/aromatic N) is 1. The zero-order chi connectivity index (χ0) is 13.8. The molecule has 0 aromatic heterocycles. The Labute approximate surface area is 121 Å². The first-order chi connectivity index (χ1) is 9.84. The molecule has 0 spiro atoms. The van der Waals surface area contributed by atoms with Crippen molar-refractivity contribution in [1.82, 2.24) is 5.01 Å². The van der Waals surface area contributed by atoms with Crippen molar-refractivity contribution in [2.24, 2.45) is 11.8 Å². The highest BCUT2D eigenvalue weighted by Gasteiger charge is 2.30. The standard InChI is InChI=1S/C18H22N2/c19-20-13-7-12-17(14-15-8-3-1-4-9-15)18(20)16-10-5-2-6-11-16/h1-6,8-11,17-18H,7,12-14,19H2. The summed E-state index contributed by atoms with van der Waals surface area (Å²) in [6, 6.07) is 21.8. The summed E-state index contributed by atoms with van der Waals surface area (Å²) in [5, 5.41) is 2.03. The van der Waals surface area contributed by atoms with Gasteiger partial charge in [0.1, 0.15) is 0 Å². The lowest BCUT2D eigenvalue weighted by Gasteiger charge is -2.39. The van der Waals surface area contributed by atoms with Crippen LogP contribution >= 0.6 is 0 Å². The largest absolute Gasteiger partial charge is 0.268 e. The third kappa shape index (κ3) is 2.92. The Bertz CT molecular complexity index is 524. The Kier molecular flexibility index (Phi) is 4.14. The maximum atomic E-state index is 6.29. The lowest BCUT2D eigenvalue weighted by molar-refractivity contribution is 0.0926. The molecule has 0 radical (unpaired) electrons. The highest BCUT2D eigenvalue weighted by atomic mass is 15.4. The fraction of sp³-hybridized carbons (Fsp3) is 0.333. The van der Waals surface area contributed by atoms with Crippen LogP contribution in [-0.2, 0) is 6.42 Å². The molecule has 0 saturated carbocycles. The van der Waals surface area contributed by atoms with Crippen LogP contribution in [0.3, 0.4) is 0 Å². The summed E-state index contributed by atoms with van der Waals surface area (Å²) in [6.07, 6.45) is 3.55. The number of nitrogens with two attached hydrogens (primary N) is 1. The monoisotopic (exact) mass is 266 g/mol. The average Bonchev–Trinajstić information content (AvgIpc) is 2.49. The molecule has 20 heavy (non-hydrogen) atoms. The molecule has 2 nitrogen and oxygen atoms in total. The predicted octanol–water partition coefficient (Wildman–Crippen LogP) is 3.56. The maximum absolute atomic E-state index is 6.29. The molecule has 3 rings (SSSR count). The summed E-state index contributed by atoms with van der Waals surface area (Å²) in [5.74, 6) is 6.88. The van der Waals surface area contributed by atoms with Gasteiger partial charge < -0.3 is 0 Å². The first kappa shape index (κ1) is 13.3. The molecule has 2 unspecified atom stereocenters. The highest BCUT2D eigenvalue weighted by Crippen LogP contribution is 2.36. The predicted molar refractivity (Wildman–Crippen MR) is 82.9 cm³/mol. The first-order valence-electron chi connectivity index (χ1n) is 7.45. The number of hydrazine groups is 1. The van der Waals surface area contributed by atoms with E-state index in [-0.39, 0.29) is 0 Å². The Morgan fingerprint density at radius 2 is 1.60 bits per heavy atom. The smallest absolute Gasteiger partial charge is 0.0521 e. The van der Waals surface area contributed by atoms with Gasteiger partial charge in [-0.1, -0.05) is 60.7 Å². The van der Waals surface area contributed by atoms with Crippen LogP contribution in [0.15, 0.2) is 60.7 Å². The lowest BCUT2D eigenvalue weighted by Crippen LogP contribution is -2.44. The minimum atomic E-state index is 0.338. The molecule has 2 atom stereocenters. The number of benzene rings is 2. The van der Waals surface area contributed by atoms with E-state index in [1.807, 2.05) is 5.01 Å². The van der Waals surface area contributed by atoms with Gasteiger partial charge in [0, 0.05) is 6.54 Å². The Morgan fingerprint density at radius 3 is 2.30 bits per heavy atom. The van der Waals surface area contributed by atoms with Gasteiger partial charge in [0.05, 0.1) is 6.04 Å². The summed E-state index contributed by atoms with van der Waals surface area (Å²) in [7, 11) is 0. The number of rotatable bonds is 3. The van der Waals surface area contributed by atoms with Crippen LogP contribution in [-0.4, -0.2) is 11.6 Å². The van der Waals surface area contributed by atoms with E-state index in [2.05, 4.69) is 60.7 Å². The van der Waals surface area contributed by atoms with Gasteiger partial charge in [-0.25, -0.2) is 5.01 Å². The molecule has 0 amide bonds. The molecule has 1 aliphatic rings. The van der Waals surface area contributed by atoms with Gasteiger partial charge in [0.2, 0.25) is 0 Å². The van der Waals surface area contributed by atoms with Crippen LogP contribution in [0.2, 0.25) is 0 Å². The van der Waals surface area contributed by atoms with E-state index in [1.165, 1.54) is 24.0 Å². The summed E-state index contributed by atoms with van der Waals surface area (Å²) in [5.41, 5.74) is 2.75. The van der Waals surface area contributed by atoms with Crippen molar-refractivity contribution in [2.45, 2.75) is 25.3 Å². The van der Waals surface area contributed by atoms with Gasteiger partial charge in [-0.3, -0.25) is 5.84 Å². The minimum absolute atomic E-state index is 0.338. The molecule has 1 fully saturated rings. The molecule has 2 aromatic carbocycles. The van der Waals surface area contributed by atoms with Crippen LogP contribution < -0.4 is 5.84 Å². The molecule has 2 aromatic rings. The second-order valence-electron chi connectivity index (χ2n) is 5.69. The van der Waals surface area contributed by atoms with Crippen molar-refractivity contribution in [3.63, 3.8) is 0 Å². The van der Waals surface area contributed by atoms with Crippen molar-refractivity contribution in [3.8, 4) is 0 Å². The minimum Gasteiger partial charge on any atom is -0.268 e. The maximum Gasteiger partial charge on any atom is 0.0521 e. The topological polar surface area (TPSA) is 29.3 Å². The summed E-state index contributed by atoms with van der Waals surface area (Å²) >= 11 is 0. The summed E-state index contributed by atoms with van der Waals surface area (Å²) < 4.78 is 0. The Morgan fingerprint density at radius 1 is 0.950 bits per heavy atom. The van der Waals surface area contributed by atoms with Gasteiger partial charge in [0.25, 0.3) is 0 Å². The van der Waals surface area contributed by atoms with Gasteiger partial charge in [0.15, 0.2) is 0 Å². The van der Waals surface area contributed by atoms with Crippen LogP contribution in [0.25, 0.3) is 0 Å².